The van der Waals surface area contributed by atoms with Crippen molar-refractivity contribution in [2.75, 3.05) is 0 Å². The lowest BCUT2D eigenvalue weighted by Crippen LogP contribution is -1.94. The van der Waals surface area contributed by atoms with E-state index < -0.39 is 0 Å². The molecule has 0 unspecified atom stereocenters. The predicted octanol–water partition coefficient (Wildman–Crippen LogP) is 3.74. The zero-order chi connectivity index (χ0) is 11.7. The standard InChI is InChI=1S/C13H20O2/c1-5-13(14)15-10-9-12(4)8-6-7-11(2)3/h7,10H,5-6,8H2,1-4H3. The van der Waals surface area contributed by atoms with Crippen molar-refractivity contribution in [3.05, 3.63) is 29.2 Å². The van der Waals surface area contributed by atoms with Crippen LogP contribution in [0.1, 0.15) is 47.0 Å². The molecule has 0 heterocycles. The molecule has 0 aromatic heterocycles. The fourth-order valence-electron chi connectivity index (χ4n) is 0.929. The molecule has 15 heavy (non-hydrogen) atoms. The van der Waals surface area contributed by atoms with Gasteiger partial charge in [0.1, 0.15) is 6.26 Å². The van der Waals surface area contributed by atoms with Gasteiger partial charge in [-0.3, -0.25) is 4.79 Å². The zero-order valence-corrected chi connectivity index (χ0v) is 10.1. The Morgan fingerprint density at radius 2 is 2.00 bits per heavy atom. The molecule has 0 spiro atoms. The van der Waals surface area contributed by atoms with E-state index >= 15 is 0 Å². The number of allylic oxidation sites excluding steroid dienone is 3. The van der Waals surface area contributed by atoms with Crippen LogP contribution in [0.2, 0.25) is 0 Å². The minimum atomic E-state index is -0.223. The van der Waals surface area contributed by atoms with Crippen LogP contribution in [0, 0.1) is 0 Å². The van der Waals surface area contributed by atoms with Gasteiger partial charge in [0.2, 0.25) is 0 Å². The van der Waals surface area contributed by atoms with Gasteiger partial charge in [0, 0.05) is 6.42 Å². The van der Waals surface area contributed by atoms with Crippen molar-refractivity contribution in [1.29, 1.82) is 0 Å². The van der Waals surface area contributed by atoms with Crippen molar-refractivity contribution in [2.24, 2.45) is 0 Å². The van der Waals surface area contributed by atoms with Crippen LogP contribution < -0.4 is 0 Å². The first kappa shape index (κ1) is 13.7. The molecule has 0 saturated carbocycles. The molecule has 0 amide bonds. The largest absolute Gasteiger partial charge is 0.426 e. The monoisotopic (exact) mass is 208 g/mol. The molecular formula is C13H20O2. The fraction of sp³-hybridized carbons (Fsp3) is 0.538. The van der Waals surface area contributed by atoms with E-state index in [0.29, 0.717) is 6.42 Å². The second kappa shape index (κ2) is 8.07. The van der Waals surface area contributed by atoms with Crippen LogP contribution in [0.15, 0.2) is 29.2 Å². The van der Waals surface area contributed by atoms with Gasteiger partial charge in [-0.1, -0.05) is 24.3 Å². The molecule has 0 atom stereocenters. The van der Waals surface area contributed by atoms with Gasteiger partial charge in [-0.15, -0.1) is 0 Å². The molecule has 0 fully saturated rings. The van der Waals surface area contributed by atoms with E-state index in [1.807, 2.05) is 6.92 Å². The zero-order valence-electron chi connectivity index (χ0n) is 10.1. The van der Waals surface area contributed by atoms with Crippen LogP contribution in [0.4, 0.5) is 0 Å². The first-order valence-electron chi connectivity index (χ1n) is 5.29. The third-order valence-electron chi connectivity index (χ3n) is 1.86. The number of esters is 1. The van der Waals surface area contributed by atoms with Gasteiger partial charge in [-0.25, -0.2) is 0 Å². The summed E-state index contributed by atoms with van der Waals surface area (Å²) in [5.41, 5.74) is 5.36. The SMILES string of the molecule is CCC(=O)OC=C=C(C)CCC=C(C)C. The lowest BCUT2D eigenvalue weighted by molar-refractivity contribution is -0.137. The Morgan fingerprint density at radius 3 is 2.53 bits per heavy atom. The van der Waals surface area contributed by atoms with Crippen LogP contribution in [0.25, 0.3) is 0 Å². The smallest absolute Gasteiger partial charge is 0.310 e. The maximum absolute atomic E-state index is 10.8. The Kier molecular flexibility index (Phi) is 7.39. The molecule has 0 aliphatic heterocycles. The number of carbonyl (C=O) groups is 1. The number of rotatable bonds is 5. The Balaban J connectivity index is 3.97. The predicted molar refractivity (Wildman–Crippen MR) is 62.3 cm³/mol. The van der Waals surface area contributed by atoms with Gasteiger partial charge >= 0.3 is 5.97 Å². The van der Waals surface area contributed by atoms with Gasteiger partial charge in [0.25, 0.3) is 0 Å². The summed E-state index contributed by atoms with van der Waals surface area (Å²) < 4.78 is 4.78. The van der Waals surface area contributed by atoms with E-state index in [4.69, 9.17) is 4.74 Å². The lowest BCUT2D eigenvalue weighted by atomic mass is 10.1. The molecule has 0 saturated heterocycles. The second-order valence-corrected chi connectivity index (χ2v) is 3.71. The minimum Gasteiger partial charge on any atom is -0.426 e. The molecule has 0 radical (unpaired) electrons. The van der Waals surface area contributed by atoms with Crippen LogP contribution in [0.5, 0.6) is 0 Å². The number of hydrogen-bond donors (Lipinski definition) is 0. The third kappa shape index (κ3) is 9.04. The van der Waals surface area contributed by atoms with Gasteiger partial charge in [-0.05, 0) is 39.2 Å². The summed E-state index contributed by atoms with van der Waals surface area (Å²) in [4.78, 5) is 10.8. The Hall–Kier alpha value is -1.27. The molecule has 0 bridgehead atoms. The molecule has 0 aromatic carbocycles. The number of hydrogen-bond acceptors (Lipinski definition) is 2. The summed E-state index contributed by atoms with van der Waals surface area (Å²) in [7, 11) is 0. The van der Waals surface area contributed by atoms with Gasteiger partial charge in [-0.2, -0.15) is 0 Å². The average molecular weight is 208 g/mol. The van der Waals surface area contributed by atoms with Crippen molar-refractivity contribution >= 4 is 5.97 Å². The number of carbonyl (C=O) groups excluding carboxylic acids is 1. The molecule has 2 heteroatoms. The Bertz CT molecular complexity index is 288. The van der Waals surface area contributed by atoms with Gasteiger partial charge in [0.15, 0.2) is 0 Å². The normalized spacial score (nSPS) is 8.80. The molecule has 0 rings (SSSR count). The van der Waals surface area contributed by atoms with Crippen molar-refractivity contribution < 1.29 is 9.53 Å². The Morgan fingerprint density at radius 1 is 1.33 bits per heavy atom. The highest BCUT2D eigenvalue weighted by Crippen LogP contribution is 2.04. The molecule has 0 aliphatic rings. The van der Waals surface area contributed by atoms with E-state index in [9.17, 15) is 4.79 Å². The molecule has 0 aliphatic carbocycles. The first-order chi connectivity index (χ1) is 7.06. The van der Waals surface area contributed by atoms with Crippen LogP contribution >= 0.6 is 0 Å². The number of ether oxygens (including phenoxy) is 1. The van der Waals surface area contributed by atoms with Gasteiger partial charge in [0.05, 0.1) is 0 Å². The first-order valence-corrected chi connectivity index (χ1v) is 5.29. The molecule has 0 aromatic rings. The molecule has 84 valence electrons. The summed E-state index contributed by atoms with van der Waals surface area (Å²) in [5.74, 6) is -0.223. The van der Waals surface area contributed by atoms with E-state index in [1.165, 1.54) is 11.8 Å². The maximum Gasteiger partial charge on any atom is 0.310 e. The van der Waals surface area contributed by atoms with Crippen molar-refractivity contribution in [2.45, 2.75) is 47.0 Å². The van der Waals surface area contributed by atoms with E-state index in [-0.39, 0.29) is 5.97 Å². The quantitative estimate of drug-likeness (QED) is 0.298. The van der Waals surface area contributed by atoms with E-state index in [0.717, 1.165) is 18.4 Å². The molecular weight excluding hydrogens is 188 g/mol. The van der Waals surface area contributed by atoms with Crippen LogP contribution in [0.3, 0.4) is 0 Å². The van der Waals surface area contributed by atoms with Crippen molar-refractivity contribution in [1.82, 2.24) is 0 Å². The topological polar surface area (TPSA) is 26.3 Å². The summed E-state index contributed by atoms with van der Waals surface area (Å²) in [5, 5.41) is 0. The van der Waals surface area contributed by atoms with Gasteiger partial charge < -0.3 is 4.74 Å². The summed E-state index contributed by atoms with van der Waals surface area (Å²) >= 11 is 0. The van der Waals surface area contributed by atoms with E-state index in [2.05, 4.69) is 25.7 Å². The highest BCUT2D eigenvalue weighted by molar-refractivity contribution is 5.69. The van der Waals surface area contributed by atoms with Crippen LogP contribution in [-0.2, 0) is 9.53 Å². The summed E-state index contributed by atoms with van der Waals surface area (Å²) in [6, 6.07) is 0. The molecule has 2 nitrogen and oxygen atoms in total. The van der Waals surface area contributed by atoms with Crippen molar-refractivity contribution in [3.63, 3.8) is 0 Å². The van der Waals surface area contributed by atoms with E-state index in [1.54, 1.807) is 6.92 Å². The highest BCUT2D eigenvalue weighted by Gasteiger charge is 1.92. The van der Waals surface area contributed by atoms with Crippen molar-refractivity contribution in [3.8, 4) is 0 Å². The van der Waals surface area contributed by atoms with Crippen LogP contribution in [-0.4, -0.2) is 5.97 Å². The summed E-state index contributed by atoms with van der Waals surface area (Å²) in [6.45, 7) is 7.91. The average Bonchev–Trinajstić information content (AvgIpc) is 2.17. The fourth-order valence-corrected chi connectivity index (χ4v) is 0.929. The maximum atomic E-state index is 10.8. The third-order valence-corrected chi connectivity index (χ3v) is 1.86. The lowest BCUT2D eigenvalue weighted by Gasteiger charge is -1.95. The highest BCUT2D eigenvalue weighted by atomic mass is 16.5. The Labute approximate surface area is 92.3 Å². The minimum absolute atomic E-state index is 0.223. The molecule has 0 N–H and O–H groups in total. The summed E-state index contributed by atoms with van der Waals surface area (Å²) in [6.07, 6.45) is 5.89. The second-order valence-electron chi connectivity index (χ2n) is 3.71.